The van der Waals surface area contributed by atoms with Crippen LogP contribution in [0, 0.1) is 6.92 Å². The Morgan fingerprint density at radius 2 is 1.00 bits per heavy atom. The van der Waals surface area contributed by atoms with Crippen molar-refractivity contribution >= 4 is 65.8 Å². The van der Waals surface area contributed by atoms with Crippen molar-refractivity contribution in [2.24, 2.45) is 0 Å². The molecular weight excluding hydrogens is 496 g/mol. The smallest absolute Gasteiger partial charge is 0.0473 e. The van der Waals surface area contributed by atoms with Crippen molar-refractivity contribution in [3.05, 3.63) is 145 Å². The van der Waals surface area contributed by atoms with Crippen LogP contribution in [0.15, 0.2) is 140 Å². The van der Waals surface area contributed by atoms with E-state index in [1.54, 1.807) is 0 Å². The second-order valence-corrected chi connectivity index (χ2v) is 11.0. The standard InChI is InChI=1S/C39H28N2/c1-25-11-17-32(18-12-25)41(31-7-3-2-4-8-31)33-23-28-15-13-26-21-30(22-27-14-16-29(24-33)39(28)38(26)27)34-19-20-37(40)36-10-6-5-9-35(34)36/h2-24H,40H2,1H3. The number of rotatable bonds is 4. The molecule has 0 aliphatic rings. The Labute approximate surface area is 239 Å². The first-order chi connectivity index (χ1) is 20.1. The fourth-order valence-electron chi connectivity index (χ4n) is 6.40. The summed E-state index contributed by atoms with van der Waals surface area (Å²) in [6.07, 6.45) is 0. The van der Waals surface area contributed by atoms with E-state index in [0.29, 0.717) is 0 Å². The lowest BCUT2D eigenvalue weighted by Crippen LogP contribution is -2.09. The van der Waals surface area contributed by atoms with Gasteiger partial charge in [-0.3, -0.25) is 0 Å². The molecule has 0 aromatic heterocycles. The molecule has 0 radical (unpaired) electrons. The van der Waals surface area contributed by atoms with Crippen LogP contribution in [-0.4, -0.2) is 0 Å². The number of hydrogen-bond donors (Lipinski definition) is 1. The topological polar surface area (TPSA) is 29.3 Å². The highest BCUT2D eigenvalue weighted by Gasteiger charge is 2.17. The number of nitrogens with two attached hydrogens (primary N) is 1. The van der Waals surface area contributed by atoms with E-state index in [4.69, 9.17) is 5.73 Å². The Balaban J connectivity index is 1.33. The second-order valence-electron chi connectivity index (χ2n) is 11.0. The van der Waals surface area contributed by atoms with Gasteiger partial charge in [-0.15, -0.1) is 0 Å². The van der Waals surface area contributed by atoms with Gasteiger partial charge in [-0.1, -0.05) is 90.5 Å². The van der Waals surface area contributed by atoms with Gasteiger partial charge < -0.3 is 10.6 Å². The Hall–Kier alpha value is -5.34. The number of fused-ring (bicyclic) bond motifs is 1. The maximum absolute atomic E-state index is 6.32. The van der Waals surface area contributed by atoms with Crippen molar-refractivity contribution in [2.45, 2.75) is 6.92 Å². The van der Waals surface area contributed by atoms with Crippen LogP contribution in [0.25, 0.3) is 54.2 Å². The van der Waals surface area contributed by atoms with Crippen LogP contribution < -0.4 is 10.6 Å². The van der Waals surface area contributed by atoms with Crippen LogP contribution in [0.1, 0.15) is 5.56 Å². The maximum Gasteiger partial charge on any atom is 0.0473 e. The third-order valence-corrected chi connectivity index (χ3v) is 8.35. The minimum atomic E-state index is 0.813. The van der Waals surface area contributed by atoms with Crippen LogP contribution in [-0.2, 0) is 0 Å². The molecule has 0 aliphatic carbocycles. The normalized spacial score (nSPS) is 11.6. The number of hydrogen-bond acceptors (Lipinski definition) is 2. The van der Waals surface area contributed by atoms with Crippen LogP contribution in [0.5, 0.6) is 0 Å². The highest BCUT2D eigenvalue weighted by Crippen LogP contribution is 2.43. The molecule has 2 N–H and O–H groups in total. The summed E-state index contributed by atoms with van der Waals surface area (Å²) in [5.41, 5.74) is 14.2. The van der Waals surface area contributed by atoms with Gasteiger partial charge in [0.2, 0.25) is 0 Å². The summed E-state index contributed by atoms with van der Waals surface area (Å²) in [4.78, 5) is 2.35. The Morgan fingerprint density at radius 1 is 0.463 bits per heavy atom. The van der Waals surface area contributed by atoms with E-state index in [1.165, 1.54) is 54.4 Å². The summed E-state index contributed by atoms with van der Waals surface area (Å²) >= 11 is 0. The Kier molecular flexibility index (Phi) is 5.23. The summed E-state index contributed by atoms with van der Waals surface area (Å²) in [6.45, 7) is 2.13. The number of para-hydroxylation sites is 1. The van der Waals surface area contributed by atoms with Crippen molar-refractivity contribution in [1.29, 1.82) is 0 Å². The van der Waals surface area contributed by atoms with E-state index >= 15 is 0 Å². The first-order valence-corrected chi connectivity index (χ1v) is 14.1. The summed E-state index contributed by atoms with van der Waals surface area (Å²) < 4.78 is 0. The summed E-state index contributed by atoms with van der Waals surface area (Å²) in [5, 5.41) is 9.90. The molecule has 41 heavy (non-hydrogen) atoms. The molecule has 0 saturated carbocycles. The minimum Gasteiger partial charge on any atom is -0.398 e. The predicted octanol–water partition coefficient (Wildman–Crippen LogP) is 10.8. The summed E-state index contributed by atoms with van der Waals surface area (Å²) in [5.74, 6) is 0. The molecule has 0 spiro atoms. The number of nitrogen functional groups attached to an aromatic ring is 1. The Bertz CT molecular complexity index is 2150. The first-order valence-electron chi connectivity index (χ1n) is 14.1. The van der Waals surface area contributed by atoms with Gasteiger partial charge in [-0.05, 0) is 110 Å². The molecule has 0 atom stereocenters. The van der Waals surface area contributed by atoms with Gasteiger partial charge >= 0.3 is 0 Å². The van der Waals surface area contributed by atoms with Crippen molar-refractivity contribution in [3.63, 3.8) is 0 Å². The van der Waals surface area contributed by atoms with Gasteiger partial charge in [0.1, 0.15) is 0 Å². The molecule has 0 amide bonds. The van der Waals surface area contributed by atoms with E-state index in [-0.39, 0.29) is 0 Å². The molecule has 0 bridgehead atoms. The molecule has 0 heterocycles. The monoisotopic (exact) mass is 524 g/mol. The molecule has 8 rings (SSSR count). The molecule has 0 aliphatic heterocycles. The molecule has 8 aromatic carbocycles. The van der Waals surface area contributed by atoms with E-state index in [9.17, 15) is 0 Å². The highest BCUT2D eigenvalue weighted by molar-refractivity contribution is 6.25. The number of aryl methyl sites for hydroxylation is 1. The van der Waals surface area contributed by atoms with Crippen molar-refractivity contribution in [2.75, 3.05) is 10.6 Å². The zero-order chi connectivity index (χ0) is 27.5. The SMILES string of the molecule is Cc1ccc(N(c2ccccc2)c2cc3ccc4cc(-c5ccc(N)c6ccccc56)cc5ccc(c2)c3c45)cc1. The number of anilines is 4. The maximum atomic E-state index is 6.32. The lowest BCUT2D eigenvalue weighted by molar-refractivity contribution is 1.28. The molecule has 0 saturated heterocycles. The number of nitrogens with zero attached hydrogens (tertiary/aromatic N) is 1. The lowest BCUT2D eigenvalue weighted by Gasteiger charge is -2.26. The molecule has 194 valence electrons. The third kappa shape index (κ3) is 3.80. The highest BCUT2D eigenvalue weighted by atomic mass is 15.1. The van der Waals surface area contributed by atoms with Crippen molar-refractivity contribution < 1.29 is 0 Å². The van der Waals surface area contributed by atoms with E-state index in [2.05, 4.69) is 145 Å². The molecule has 0 fully saturated rings. The molecule has 2 nitrogen and oxygen atoms in total. The largest absolute Gasteiger partial charge is 0.398 e. The van der Waals surface area contributed by atoms with Crippen LogP contribution in [0.3, 0.4) is 0 Å². The summed E-state index contributed by atoms with van der Waals surface area (Å²) in [6, 6.07) is 50.4. The molecule has 2 heteroatoms. The van der Waals surface area contributed by atoms with Gasteiger partial charge in [0, 0.05) is 28.1 Å². The zero-order valence-electron chi connectivity index (χ0n) is 22.8. The number of benzene rings is 8. The summed E-state index contributed by atoms with van der Waals surface area (Å²) in [7, 11) is 0. The molecule has 0 unspecified atom stereocenters. The first kappa shape index (κ1) is 23.5. The quantitative estimate of drug-likeness (QED) is 0.183. The van der Waals surface area contributed by atoms with Crippen molar-refractivity contribution in [1.82, 2.24) is 0 Å². The second kappa shape index (κ2) is 9.11. The fourth-order valence-corrected chi connectivity index (χ4v) is 6.40. The zero-order valence-corrected chi connectivity index (χ0v) is 22.8. The Morgan fingerprint density at radius 3 is 1.63 bits per heavy atom. The van der Waals surface area contributed by atoms with Crippen LogP contribution in [0.2, 0.25) is 0 Å². The average Bonchev–Trinajstić information content (AvgIpc) is 3.01. The van der Waals surface area contributed by atoms with Gasteiger partial charge in [-0.25, -0.2) is 0 Å². The average molecular weight is 525 g/mol. The minimum absolute atomic E-state index is 0.813. The van der Waals surface area contributed by atoms with Crippen LogP contribution in [0.4, 0.5) is 22.7 Å². The molecular formula is C39H28N2. The fraction of sp³-hybridized carbons (Fsp3) is 0.0256. The van der Waals surface area contributed by atoms with E-state index in [1.807, 2.05) is 6.07 Å². The van der Waals surface area contributed by atoms with Gasteiger partial charge in [0.05, 0.1) is 0 Å². The van der Waals surface area contributed by atoms with E-state index in [0.717, 1.165) is 28.1 Å². The van der Waals surface area contributed by atoms with Crippen LogP contribution >= 0.6 is 0 Å². The van der Waals surface area contributed by atoms with Crippen molar-refractivity contribution in [3.8, 4) is 11.1 Å². The third-order valence-electron chi connectivity index (χ3n) is 8.35. The van der Waals surface area contributed by atoms with Gasteiger partial charge in [-0.2, -0.15) is 0 Å². The van der Waals surface area contributed by atoms with Gasteiger partial charge in [0.15, 0.2) is 0 Å². The van der Waals surface area contributed by atoms with E-state index < -0.39 is 0 Å². The lowest BCUT2D eigenvalue weighted by atomic mass is 9.89. The predicted molar refractivity (Wildman–Crippen MR) is 177 cm³/mol. The van der Waals surface area contributed by atoms with Gasteiger partial charge in [0.25, 0.3) is 0 Å². The molecule has 8 aromatic rings.